The summed E-state index contributed by atoms with van der Waals surface area (Å²) in [5.74, 6) is -2.22. The van der Waals surface area contributed by atoms with E-state index in [9.17, 15) is 19.2 Å². The van der Waals surface area contributed by atoms with Crippen molar-refractivity contribution in [1.82, 2.24) is 31.4 Å². The summed E-state index contributed by atoms with van der Waals surface area (Å²) >= 11 is 0. The van der Waals surface area contributed by atoms with Gasteiger partial charge in [-0.1, -0.05) is 39.0 Å². The second-order valence-corrected chi connectivity index (χ2v) is 11.6. The van der Waals surface area contributed by atoms with E-state index in [-0.39, 0.29) is 29.7 Å². The van der Waals surface area contributed by atoms with E-state index < -0.39 is 36.1 Å². The molecule has 5 bridgehead atoms. The maximum atomic E-state index is 13.3. The molecule has 0 radical (unpaired) electrons. The molecule has 11 nitrogen and oxygen atoms in total. The van der Waals surface area contributed by atoms with Gasteiger partial charge in [0.15, 0.2) is 0 Å². The average molecular weight is 579 g/mol. The number of nitrogens with zero attached hydrogens (tertiary/aromatic N) is 2. The van der Waals surface area contributed by atoms with Crippen molar-refractivity contribution in [2.45, 2.75) is 77.7 Å². The number of hydrogen-bond acceptors (Lipinski definition) is 7. The Labute approximate surface area is 246 Å². The summed E-state index contributed by atoms with van der Waals surface area (Å²) in [6, 6.07) is 5.30. The molecule has 4 rings (SSSR count). The molecule has 0 aliphatic carbocycles. The highest BCUT2D eigenvalue weighted by molar-refractivity contribution is 5.93. The molecule has 4 amide bonds. The Hall–Kier alpha value is -3.83. The lowest BCUT2D eigenvalue weighted by atomic mass is 9.98. The van der Waals surface area contributed by atoms with Gasteiger partial charge in [0, 0.05) is 25.2 Å². The maximum absolute atomic E-state index is 13.3. The molecule has 2 aliphatic heterocycles. The first-order valence-electron chi connectivity index (χ1n) is 14.6. The van der Waals surface area contributed by atoms with E-state index in [4.69, 9.17) is 4.74 Å². The monoisotopic (exact) mass is 578 g/mol. The number of aromatic nitrogens is 1. The quantitative estimate of drug-likeness (QED) is 0.428. The minimum absolute atomic E-state index is 0.209. The van der Waals surface area contributed by atoms with Crippen molar-refractivity contribution < 1.29 is 23.9 Å². The standard InChI is InChI=1S/C31H42N6O5/c1-17(2)27-30(40)34-20(5)31(41)37-13-7-8-25(36-37)29(39)33-19(4)21-9-10-22-16-32-24(15-23(22)14-21)11-12-26(42-6)18(3)28(38)35-27/h9-12,14-20,25-27,36H,7-8,13H2,1-6H3,(H,33,39)(H,34,40)(H,35,38)/b12-11+/t18?,19-,20?,25?,26?,27?/m1/s1. The summed E-state index contributed by atoms with van der Waals surface area (Å²) < 4.78 is 5.61. The van der Waals surface area contributed by atoms with Gasteiger partial charge >= 0.3 is 0 Å². The molecule has 2 aromatic rings. The van der Waals surface area contributed by atoms with Crippen LogP contribution in [0.15, 0.2) is 36.5 Å². The van der Waals surface area contributed by atoms with Crippen LogP contribution in [0.1, 0.15) is 64.8 Å². The first kappa shape index (κ1) is 31.1. The number of carbonyl (C=O) groups excluding carboxylic acids is 4. The number of amides is 4. The van der Waals surface area contributed by atoms with E-state index >= 15 is 0 Å². The van der Waals surface area contributed by atoms with Gasteiger partial charge in [-0.25, -0.2) is 5.43 Å². The van der Waals surface area contributed by atoms with Crippen LogP contribution < -0.4 is 21.4 Å². The predicted molar refractivity (Wildman–Crippen MR) is 160 cm³/mol. The topological polar surface area (TPSA) is 142 Å². The first-order chi connectivity index (χ1) is 20.0. The molecule has 5 unspecified atom stereocenters. The molecular formula is C31H42N6O5. The number of hydrogen-bond donors (Lipinski definition) is 4. The minimum Gasteiger partial charge on any atom is -0.377 e. The molecule has 11 heteroatoms. The van der Waals surface area contributed by atoms with Crippen molar-refractivity contribution in [3.8, 4) is 0 Å². The largest absolute Gasteiger partial charge is 0.377 e. The van der Waals surface area contributed by atoms with Gasteiger partial charge < -0.3 is 20.7 Å². The third-order valence-corrected chi connectivity index (χ3v) is 8.01. The van der Waals surface area contributed by atoms with Crippen molar-refractivity contribution in [2.75, 3.05) is 13.7 Å². The van der Waals surface area contributed by atoms with E-state index in [1.165, 1.54) is 12.1 Å². The molecule has 3 heterocycles. The van der Waals surface area contributed by atoms with Crippen LogP contribution >= 0.6 is 0 Å². The second kappa shape index (κ2) is 13.4. The summed E-state index contributed by atoms with van der Waals surface area (Å²) in [7, 11) is 1.53. The van der Waals surface area contributed by atoms with Gasteiger partial charge in [0.1, 0.15) is 18.1 Å². The van der Waals surface area contributed by atoms with E-state index in [0.29, 0.717) is 25.1 Å². The van der Waals surface area contributed by atoms with E-state index in [2.05, 4.69) is 26.4 Å². The number of pyridine rings is 1. The molecule has 1 saturated heterocycles. The summed E-state index contributed by atoms with van der Waals surface area (Å²) in [5, 5.41) is 12.0. The number of carbonyl (C=O) groups is 4. The lowest BCUT2D eigenvalue weighted by molar-refractivity contribution is -0.143. The van der Waals surface area contributed by atoms with Crippen LogP contribution in [0.3, 0.4) is 0 Å². The SMILES string of the molecule is COC1/C=C/c2cc3cc(ccc3cn2)[C@@H](C)NC(=O)C2CCCN(N2)C(=O)C(C)NC(=O)C(C(C)C)NC(=O)C1C. The van der Waals surface area contributed by atoms with Crippen molar-refractivity contribution in [1.29, 1.82) is 0 Å². The second-order valence-electron chi connectivity index (χ2n) is 11.6. The highest BCUT2D eigenvalue weighted by atomic mass is 16.5. The Bertz CT molecular complexity index is 1360. The lowest BCUT2D eigenvalue weighted by Crippen LogP contribution is -2.62. The van der Waals surface area contributed by atoms with Crippen LogP contribution in [0.4, 0.5) is 0 Å². The van der Waals surface area contributed by atoms with Crippen molar-refractivity contribution in [2.24, 2.45) is 11.8 Å². The van der Waals surface area contributed by atoms with Gasteiger partial charge in [0.2, 0.25) is 17.7 Å². The number of nitrogens with one attached hydrogen (secondary N) is 4. The molecule has 0 spiro atoms. The van der Waals surface area contributed by atoms with Gasteiger partial charge in [-0.05, 0) is 61.8 Å². The third kappa shape index (κ3) is 7.14. The molecule has 1 fully saturated rings. The maximum Gasteiger partial charge on any atom is 0.258 e. The first-order valence-corrected chi connectivity index (χ1v) is 14.6. The smallest absolute Gasteiger partial charge is 0.258 e. The van der Waals surface area contributed by atoms with Crippen molar-refractivity contribution >= 4 is 40.5 Å². The fraction of sp³-hybridized carbons (Fsp3) is 0.516. The van der Waals surface area contributed by atoms with Crippen LogP contribution in [0.5, 0.6) is 0 Å². The third-order valence-electron chi connectivity index (χ3n) is 8.01. The van der Waals surface area contributed by atoms with Crippen LogP contribution in [-0.4, -0.2) is 71.5 Å². The predicted octanol–water partition coefficient (Wildman–Crippen LogP) is 2.23. The summed E-state index contributed by atoms with van der Waals surface area (Å²) in [6.07, 6.45) is 6.00. The normalized spacial score (nSPS) is 29.1. The Balaban J connectivity index is 1.68. The van der Waals surface area contributed by atoms with Gasteiger partial charge in [-0.2, -0.15) is 0 Å². The molecule has 1 aromatic heterocycles. The lowest BCUT2D eigenvalue weighted by Gasteiger charge is -2.35. The van der Waals surface area contributed by atoms with Crippen LogP contribution in [0.2, 0.25) is 0 Å². The number of hydrazine groups is 1. The number of ether oxygens (including phenoxy) is 1. The highest BCUT2D eigenvalue weighted by Crippen LogP contribution is 2.22. The Kier molecular flexibility index (Phi) is 9.95. The van der Waals surface area contributed by atoms with Gasteiger partial charge in [-0.3, -0.25) is 29.2 Å². The fourth-order valence-electron chi connectivity index (χ4n) is 5.28. The van der Waals surface area contributed by atoms with E-state index in [0.717, 1.165) is 16.3 Å². The molecule has 1 aromatic carbocycles. The van der Waals surface area contributed by atoms with Gasteiger partial charge in [-0.15, -0.1) is 0 Å². The van der Waals surface area contributed by atoms with Gasteiger partial charge in [0.05, 0.1) is 23.8 Å². The van der Waals surface area contributed by atoms with Gasteiger partial charge in [0.25, 0.3) is 5.91 Å². The zero-order valence-corrected chi connectivity index (χ0v) is 25.1. The Morgan fingerprint density at radius 3 is 2.38 bits per heavy atom. The minimum atomic E-state index is -0.873. The summed E-state index contributed by atoms with van der Waals surface area (Å²) in [6.45, 7) is 9.32. The van der Waals surface area contributed by atoms with Crippen molar-refractivity contribution in [3.05, 3.63) is 47.8 Å². The van der Waals surface area contributed by atoms with Crippen molar-refractivity contribution in [3.63, 3.8) is 0 Å². The zero-order valence-electron chi connectivity index (χ0n) is 25.1. The summed E-state index contributed by atoms with van der Waals surface area (Å²) in [4.78, 5) is 57.5. The zero-order chi connectivity index (χ0) is 30.6. The van der Waals surface area contributed by atoms with E-state index in [1.807, 2.05) is 51.1 Å². The highest BCUT2D eigenvalue weighted by Gasteiger charge is 2.34. The fourth-order valence-corrected chi connectivity index (χ4v) is 5.28. The number of benzene rings is 1. The number of methoxy groups -OCH3 is 1. The molecular weight excluding hydrogens is 536 g/mol. The average Bonchev–Trinajstić information content (AvgIpc) is 2.98. The number of fused-ring (bicyclic) bond motifs is 4. The molecule has 4 N–H and O–H groups in total. The molecule has 6 atom stereocenters. The van der Waals surface area contributed by atoms with Crippen LogP contribution in [-0.2, 0) is 23.9 Å². The Morgan fingerprint density at radius 2 is 1.67 bits per heavy atom. The Morgan fingerprint density at radius 1 is 0.929 bits per heavy atom. The molecule has 0 saturated carbocycles. The number of rotatable bonds is 2. The van der Waals surface area contributed by atoms with Crippen LogP contribution in [0, 0.1) is 11.8 Å². The molecule has 42 heavy (non-hydrogen) atoms. The van der Waals surface area contributed by atoms with Crippen LogP contribution in [0.25, 0.3) is 16.8 Å². The molecule has 2 aliphatic rings. The summed E-state index contributed by atoms with van der Waals surface area (Å²) in [5.41, 5.74) is 4.67. The van der Waals surface area contributed by atoms with E-state index in [1.54, 1.807) is 26.1 Å². The molecule has 226 valence electrons.